The largest absolute Gasteiger partial charge is 0.465 e. The van der Waals surface area contributed by atoms with Gasteiger partial charge in [-0.3, -0.25) is 9.69 Å². The Balaban J connectivity index is 1.70. The van der Waals surface area contributed by atoms with Crippen LogP contribution in [0, 0.1) is 5.92 Å². The number of likely N-dealkylation sites (tertiary alicyclic amines) is 1. The normalized spacial score (nSPS) is 24.4. The number of esters is 1. The molecule has 0 radical (unpaired) electrons. The van der Waals surface area contributed by atoms with E-state index in [9.17, 15) is 9.59 Å². The van der Waals surface area contributed by atoms with Gasteiger partial charge in [0.15, 0.2) is 0 Å². The second-order valence-electron chi connectivity index (χ2n) is 6.14. The maximum absolute atomic E-state index is 12.7. The summed E-state index contributed by atoms with van der Waals surface area (Å²) in [7, 11) is 1.32. The number of allylic oxidation sites excluding steroid dienone is 1. The summed E-state index contributed by atoms with van der Waals surface area (Å²) in [6.07, 6.45) is 8.61. The van der Waals surface area contributed by atoms with Crippen LogP contribution < -0.4 is 0 Å². The first-order valence-corrected chi connectivity index (χ1v) is 8.65. The maximum Gasteiger partial charge on any atom is 0.337 e. The van der Waals surface area contributed by atoms with Crippen molar-refractivity contribution in [2.45, 2.75) is 19.3 Å². The van der Waals surface area contributed by atoms with E-state index >= 15 is 0 Å². The van der Waals surface area contributed by atoms with Gasteiger partial charge in [-0.15, -0.1) is 0 Å². The van der Waals surface area contributed by atoms with Gasteiger partial charge in [0, 0.05) is 13.1 Å². The number of hydrogen-bond acceptors (Lipinski definition) is 5. The quantitative estimate of drug-likeness (QED) is 0.567. The molecule has 0 saturated carbocycles. The molecule has 1 unspecified atom stereocenters. The van der Waals surface area contributed by atoms with Crippen LogP contribution in [0.2, 0.25) is 0 Å². The molecule has 128 valence electrons. The van der Waals surface area contributed by atoms with E-state index in [1.807, 2.05) is 0 Å². The first-order chi connectivity index (χ1) is 11.6. The summed E-state index contributed by atoms with van der Waals surface area (Å²) in [5, 5.41) is 0.277. The Bertz CT molecular complexity index is 647. The van der Waals surface area contributed by atoms with Crippen LogP contribution in [0.1, 0.15) is 19.3 Å². The van der Waals surface area contributed by atoms with Crippen molar-refractivity contribution in [2.75, 3.05) is 33.3 Å². The minimum atomic E-state index is -0.466. The van der Waals surface area contributed by atoms with Gasteiger partial charge >= 0.3 is 5.97 Å². The molecule has 1 atom stereocenters. The molecular weight excluding hydrogens is 326 g/mol. The monoisotopic (exact) mass is 347 g/mol. The van der Waals surface area contributed by atoms with E-state index in [1.165, 1.54) is 26.4 Å². The van der Waals surface area contributed by atoms with Crippen LogP contribution in [0.4, 0.5) is 0 Å². The van der Waals surface area contributed by atoms with E-state index in [0.717, 1.165) is 19.6 Å². The molecule has 2 heterocycles. The standard InChI is InChI=1S/C17H21N3O3S/c1-23-16(22)12-5-6-13-14(11-12)18-17(24)20(15(13)21)10-9-19-7-3-2-4-8-19/h5-6,11,13H,2-4,7-10H2,1H3. The van der Waals surface area contributed by atoms with Crippen LogP contribution in [0.25, 0.3) is 0 Å². The number of hydrogen-bond donors (Lipinski definition) is 0. The highest BCUT2D eigenvalue weighted by atomic mass is 32.1. The summed E-state index contributed by atoms with van der Waals surface area (Å²) >= 11 is 5.30. The highest BCUT2D eigenvalue weighted by Crippen LogP contribution is 2.23. The minimum Gasteiger partial charge on any atom is -0.465 e. The molecule has 1 aliphatic carbocycles. The zero-order valence-electron chi connectivity index (χ0n) is 13.7. The number of rotatable bonds is 4. The van der Waals surface area contributed by atoms with Crippen molar-refractivity contribution < 1.29 is 14.3 Å². The predicted octanol–water partition coefficient (Wildman–Crippen LogP) is 1.33. The zero-order chi connectivity index (χ0) is 17.1. The summed E-state index contributed by atoms with van der Waals surface area (Å²) in [5.74, 6) is -0.983. The van der Waals surface area contributed by atoms with Gasteiger partial charge in [0.25, 0.3) is 0 Å². The Morgan fingerprint density at radius 2 is 2.08 bits per heavy atom. The number of nitrogens with zero attached hydrogens (tertiary/aromatic N) is 3. The smallest absolute Gasteiger partial charge is 0.337 e. The molecule has 0 N–H and O–H groups in total. The number of carbonyl (C=O) groups excluding carboxylic acids is 2. The van der Waals surface area contributed by atoms with Gasteiger partial charge in [0.05, 0.1) is 24.3 Å². The highest BCUT2D eigenvalue weighted by molar-refractivity contribution is 7.80. The molecule has 6 nitrogen and oxygen atoms in total. The molecule has 7 heteroatoms. The highest BCUT2D eigenvalue weighted by Gasteiger charge is 2.35. The predicted molar refractivity (Wildman–Crippen MR) is 94.8 cm³/mol. The lowest BCUT2D eigenvalue weighted by molar-refractivity contribution is -0.135. The van der Waals surface area contributed by atoms with Crippen LogP contribution in [0.15, 0.2) is 28.8 Å². The molecule has 0 aromatic carbocycles. The average Bonchev–Trinajstić information content (AvgIpc) is 2.61. The Morgan fingerprint density at radius 3 is 2.79 bits per heavy atom. The summed E-state index contributed by atoms with van der Waals surface area (Å²) in [6, 6.07) is 0. The lowest BCUT2D eigenvalue weighted by Gasteiger charge is -2.33. The van der Waals surface area contributed by atoms with Gasteiger partial charge in [0.1, 0.15) is 0 Å². The van der Waals surface area contributed by atoms with Crippen LogP contribution >= 0.6 is 12.2 Å². The molecule has 0 aromatic heterocycles. The number of aliphatic imine (C=N–C) groups is 1. The molecule has 1 fully saturated rings. The van der Waals surface area contributed by atoms with Crippen molar-refractivity contribution in [3.63, 3.8) is 0 Å². The average molecular weight is 347 g/mol. The number of ether oxygens (including phenoxy) is 1. The number of fused-ring (bicyclic) bond motifs is 1. The number of carbonyl (C=O) groups is 2. The van der Waals surface area contributed by atoms with Gasteiger partial charge in [0.2, 0.25) is 11.0 Å². The SMILES string of the molecule is COC(=O)C1=CC2=NC(=S)N(CCN3CCCCC3)C(=O)C2C=C1. The molecule has 1 amide bonds. The fourth-order valence-corrected chi connectivity index (χ4v) is 3.50. The zero-order valence-corrected chi connectivity index (χ0v) is 14.6. The van der Waals surface area contributed by atoms with Crippen LogP contribution in [0.3, 0.4) is 0 Å². The van der Waals surface area contributed by atoms with Crippen molar-refractivity contribution in [3.05, 3.63) is 23.8 Å². The van der Waals surface area contributed by atoms with Crippen LogP contribution in [0.5, 0.6) is 0 Å². The first kappa shape index (κ1) is 17.0. The van der Waals surface area contributed by atoms with Crippen LogP contribution in [-0.4, -0.2) is 65.8 Å². The van der Waals surface area contributed by atoms with Crippen molar-refractivity contribution >= 4 is 34.9 Å². The maximum atomic E-state index is 12.7. The molecular formula is C17H21N3O3S. The second-order valence-corrected chi connectivity index (χ2v) is 6.50. The number of thiocarbonyl (C=S) groups is 1. The van der Waals surface area contributed by atoms with Crippen molar-refractivity contribution in [3.8, 4) is 0 Å². The number of methoxy groups -OCH3 is 1. The van der Waals surface area contributed by atoms with Gasteiger partial charge in [-0.05, 0) is 44.2 Å². The van der Waals surface area contributed by atoms with E-state index in [2.05, 4.69) is 9.89 Å². The third-order valence-electron chi connectivity index (χ3n) is 4.59. The van der Waals surface area contributed by atoms with E-state index in [4.69, 9.17) is 17.0 Å². The summed E-state index contributed by atoms with van der Waals surface area (Å²) < 4.78 is 4.70. The van der Waals surface area contributed by atoms with Gasteiger partial charge < -0.3 is 9.64 Å². The van der Waals surface area contributed by atoms with Gasteiger partial charge in [-0.1, -0.05) is 18.6 Å². The Labute approximate surface area is 146 Å². The van der Waals surface area contributed by atoms with Gasteiger partial charge in [-0.2, -0.15) is 0 Å². The second kappa shape index (κ2) is 7.36. The van der Waals surface area contributed by atoms with E-state index in [-0.39, 0.29) is 11.0 Å². The summed E-state index contributed by atoms with van der Waals surface area (Å²) in [4.78, 5) is 32.7. The minimum absolute atomic E-state index is 0.0709. The van der Waals surface area contributed by atoms with E-state index in [0.29, 0.717) is 17.8 Å². The van der Waals surface area contributed by atoms with E-state index in [1.54, 1.807) is 23.1 Å². The van der Waals surface area contributed by atoms with E-state index < -0.39 is 11.9 Å². The topological polar surface area (TPSA) is 62.2 Å². The third kappa shape index (κ3) is 3.47. The van der Waals surface area contributed by atoms with Crippen LogP contribution in [-0.2, 0) is 14.3 Å². The fraction of sp³-hybridized carbons (Fsp3) is 0.529. The lowest BCUT2D eigenvalue weighted by Crippen LogP contribution is -2.49. The molecule has 0 bridgehead atoms. The molecule has 3 rings (SSSR count). The van der Waals surface area contributed by atoms with Gasteiger partial charge in [-0.25, -0.2) is 9.79 Å². The summed E-state index contributed by atoms with van der Waals surface area (Å²) in [5.41, 5.74) is 0.895. The third-order valence-corrected chi connectivity index (χ3v) is 4.90. The lowest BCUT2D eigenvalue weighted by atomic mass is 9.92. The Hall–Kier alpha value is -1.86. The number of amides is 1. The Morgan fingerprint density at radius 1 is 1.33 bits per heavy atom. The number of piperidine rings is 1. The molecule has 24 heavy (non-hydrogen) atoms. The first-order valence-electron chi connectivity index (χ1n) is 8.24. The molecule has 0 spiro atoms. The fourth-order valence-electron chi connectivity index (χ4n) is 3.21. The molecule has 1 saturated heterocycles. The molecule has 3 aliphatic rings. The Kier molecular flexibility index (Phi) is 5.20. The van der Waals surface area contributed by atoms with Crippen molar-refractivity contribution in [1.29, 1.82) is 0 Å². The van der Waals surface area contributed by atoms with Crippen molar-refractivity contribution in [2.24, 2.45) is 10.9 Å². The molecule has 2 aliphatic heterocycles. The van der Waals surface area contributed by atoms with Crippen molar-refractivity contribution in [1.82, 2.24) is 9.80 Å². The summed E-state index contributed by atoms with van der Waals surface area (Å²) in [6.45, 7) is 3.54. The molecule has 0 aromatic rings.